The number of nitrogens with zero attached hydrogens (tertiary/aromatic N) is 3. The minimum Gasteiger partial charge on any atom is -0.506 e. The molecule has 29 heavy (non-hydrogen) atoms. The first kappa shape index (κ1) is 20.6. The van der Waals surface area contributed by atoms with Crippen molar-refractivity contribution in [2.24, 2.45) is 5.41 Å². The van der Waals surface area contributed by atoms with E-state index < -0.39 is 0 Å². The highest BCUT2D eigenvalue weighted by atomic mass is 16.3. The second-order valence-corrected chi connectivity index (χ2v) is 9.19. The fourth-order valence-electron chi connectivity index (χ4n) is 3.78. The first-order valence-corrected chi connectivity index (χ1v) is 9.89. The van der Waals surface area contributed by atoms with Gasteiger partial charge in [-0.2, -0.15) is 0 Å². The molecule has 2 heterocycles. The number of nitrogens with one attached hydrogen (secondary N) is 1. The van der Waals surface area contributed by atoms with Crippen LogP contribution in [0.3, 0.4) is 0 Å². The van der Waals surface area contributed by atoms with Crippen LogP contribution in [0.2, 0.25) is 0 Å². The van der Waals surface area contributed by atoms with E-state index in [1.54, 1.807) is 6.07 Å². The smallest absolute Gasteiger partial charge is 0.143 e. The summed E-state index contributed by atoms with van der Waals surface area (Å²) >= 11 is 0. The zero-order valence-electron chi connectivity index (χ0n) is 17.8. The lowest BCUT2D eigenvalue weighted by Crippen LogP contribution is -2.25. The first-order chi connectivity index (χ1) is 13.7. The fourth-order valence-corrected chi connectivity index (χ4v) is 3.78. The Morgan fingerprint density at radius 3 is 1.93 bits per heavy atom. The Morgan fingerprint density at radius 1 is 0.862 bits per heavy atom. The van der Waals surface area contributed by atoms with E-state index in [1.807, 2.05) is 60.9 Å². The van der Waals surface area contributed by atoms with Gasteiger partial charge in [-0.25, -0.2) is 0 Å². The quantitative estimate of drug-likeness (QED) is 0.461. The molecule has 0 fully saturated rings. The molecule has 0 amide bonds. The van der Waals surface area contributed by atoms with Crippen molar-refractivity contribution < 1.29 is 5.11 Å². The number of H-pyrrole nitrogens is 1. The van der Waals surface area contributed by atoms with Crippen LogP contribution in [-0.4, -0.2) is 25.1 Å². The summed E-state index contributed by atoms with van der Waals surface area (Å²) in [5.41, 5.74) is 3.64. The van der Waals surface area contributed by atoms with Gasteiger partial charge in [0.25, 0.3) is 0 Å². The van der Waals surface area contributed by atoms with Crippen molar-refractivity contribution in [3.05, 3.63) is 72.6 Å². The zero-order valence-corrected chi connectivity index (χ0v) is 17.8. The van der Waals surface area contributed by atoms with Gasteiger partial charge < -0.3 is 10.1 Å². The molecule has 0 atom stereocenters. The summed E-state index contributed by atoms with van der Waals surface area (Å²) in [5, 5.41) is 19.3. The topological polar surface area (TPSA) is 66.7 Å². The molecule has 4 aromatic rings. The minimum atomic E-state index is -0.00667. The van der Waals surface area contributed by atoms with E-state index in [9.17, 15) is 5.11 Å². The van der Waals surface area contributed by atoms with Crippen LogP contribution in [0, 0.1) is 5.41 Å². The molecule has 0 spiro atoms. The Kier molecular flexibility index (Phi) is 5.78. The van der Waals surface area contributed by atoms with Crippen molar-refractivity contribution in [2.45, 2.75) is 46.5 Å². The van der Waals surface area contributed by atoms with Crippen LogP contribution in [-0.2, 0) is 5.41 Å². The lowest BCUT2D eigenvalue weighted by Gasteiger charge is -2.33. The van der Waals surface area contributed by atoms with Gasteiger partial charge in [-0.05, 0) is 59.2 Å². The Hall–Kier alpha value is -3.08. The molecule has 5 heteroatoms. The minimum absolute atomic E-state index is 0.00667. The van der Waals surface area contributed by atoms with Crippen molar-refractivity contribution in [1.29, 1.82) is 0 Å². The van der Waals surface area contributed by atoms with E-state index in [0.29, 0.717) is 5.69 Å². The molecule has 0 saturated heterocycles. The van der Waals surface area contributed by atoms with Gasteiger partial charge in [-0.1, -0.05) is 52.8 Å². The molecule has 2 aromatic carbocycles. The highest BCUT2D eigenvalue weighted by Crippen LogP contribution is 2.38. The van der Waals surface area contributed by atoms with Crippen LogP contribution in [0.25, 0.3) is 16.7 Å². The van der Waals surface area contributed by atoms with Crippen LogP contribution in [0.4, 0.5) is 0 Å². The maximum Gasteiger partial charge on any atom is 0.143 e. The van der Waals surface area contributed by atoms with Crippen LogP contribution in [0.1, 0.15) is 46.6 Å². The zero-order chi connectivity index (χ0) is 21.1. The Labute approximate surface area is 172 Å². The van der Waals surface area contributed by atoms with E-state index in [1.165, 1.54) is 10.4 Å². The molecule has 5 nitrogen and oxygen atoms in total. The number of hydrogen-bond donors (Lipinski definition) is 2. The average molecular weight is 391 g/mol. The molecular weight excluding hydrogens is 360 g/mol. The third kappa shape index (κ3) is 5.25. The van der Waals surface area contributed by atoms with Crippen LogP contribution < -0.4 is 0 Å². The van der Waals surface area contributed by atoms with Gasteiger partial charge in [0, 0.05) is 12.4 Å². The fraction of sp³-hybridized carbons (Fsp3) is 0.333. The summed E-state index contributed by atoms with van der Waals surface area (Å²) in [6, 6.07) is 17.3. The van der Waals surface area contributed by atoms with Crippen molar-refractivity contribution in [2.75, 3.05) is 0 Å². The van der Waals surface area contributed by atoms with Gasteiger partial charge in [0.15, 0.2) is 0 Å². The van der Waals surface area contributed by atoms with Crippen molar-refractivity contribution in [3.63, 3.8) is 0 Å². The molecule has 4 rings (SSSR count). The van der Waals surface area contributed by atoms with Crippen molar-refractivity contribution in [3.8, 4) is 11.4 Å². The van der Waals surface area contributed by atoms with E-state index >= 15 is 0 Å². The number of hydrogen-bond acceptors (Lipinski definition) is 3. The summed E-state index contributed by atoms with van der Waals surface area (Å²) in [4.78, 5) is 4.39. The number of benzene rings is 2. The number of aromatic hydroxyl groups is 1. The third-order valence-electron chi connectivity index (χ3n) is 4.73. The SMILES string of the molecule is CC(C)(C)CC(C)(C)c1ccc(O)c(-n2nc3ccccc3n2)c1.c1cc[nH]c1. The molecule has 2 N–H and O–H groups in total. The summed E-state index contributed by atoms with van der Waals surface area (Å²) in [6.07, 6.45) is 4.79. The predicted molar refractivity (Wildman–Crippen MR) is 118 cm³/mol. The van der Waals surface area contributed by atoms with E-state index in [-0.39, 0.29) is 16.6 Å². The molecule has 0 aliphatic rings. The highest BCUT2D eigenvalue weighted by molar-refractivity contribution is 5.73. The second kappa shape index (κ2) is 8.11. The number of phenolic OH excluding ortho intramolecular Hbond substituents is 1. The lowest BCUT2D eigenvalue weighted by atomic mass is 9.72. The second-order valence-electron chi connectivity index (χ2n) is 9.19. The largest absolute Gasteiger partial charge is 0.506 e. The van der Waals surface area contributed by atoms with Gasteiger partial charge in [0.05, 0.1) is 0 Å². The monoisotopic (exact) mass is 390 g/mol. The summed E-state index contributed by atoms with van der Waals surface area (Å²) in [7, 11) is 0. The van der Waals surface area contributed by atoms with Crippen molar-refractivity contribution in [1.82, 2.24) is 20.0 Å². The maximum atomic E-state index is 10.3. The van der Waals surface area contributed by atoms with Gasteiger partial charge in [0.2, 0.25) is 0 Å². The number of aromatic nitrogens is 4. The number of aromatic amines is 1. The van der Waals surface area contributed by atoms with Crippen LogP contribution in [0.5, 0.6) is 5.75 Å². The Bertz CT molecular complexity index is 1010. The molecule has 0 aliphatic heterocycles. The highest BCUT2D eigenvalue weighted by Gasteiger charge is 2.28. The normalized spacial score (nSPS) is 11.9. The Morgan fingerprint density at radius 2 is 1.45 bits per heavy atom. The summed E-state index contributed by atoms with van der Waals surface area (Å²) < 4.78 is 0. The Balaban J connectivity index is 0.000000419. The number of rotatable bonds is 3. The molecule has 0 bridgehead atoms. The van der Waals surface area contributed by atoms with Crippen LogP contribution in [0.15, 0.2) is 67.0 Å². The first-order valence-electron chi connectivity index (χ1n) is 9.89. The molecule has 0 saturated carbocycles. The van der Waals surface area contributed by atoms with Gasteiger partial charge in [0.1, 0.15) is 22.5 Å². The van der Waals surface area contributed by atoms with Crippen LogP contribution >= 0.6 is 0 Å². The maximum absolute atomic E-state index is 10.3. The summed E-state index contributed by atoms with van der Waals surface area (Å²) in [6.45, 7) is 11.2. The van der Waals surface area contributed by atoms with Crippen molar-refractivity contribution >= 4 is 11.0 Å². The van der Waals surface area contributed by atoms with E-state index in [2.05, 4.69) is 49.8 Å². The molecule has 0 radical (unpaired) electrons. The molecular formula is C24H30N4O. The number of fused-ring (bicyclic) bond motifs is 1. The number of phenols is 1. The third-order valence-corrected chi connectivity index (χ3v) is 4.73. The summed E-state index contributed by atoms with van der Waals surface area (Å²) in [5.74, 6) is 0.186. The predicted octanol–water partition coefficient (Wildman–Crippen LogP) is 5.85. The van der Waals surface area contributed by atoms with Gasteiger partial charge >= 0.3 is 0 Å². The lowest BCUT2D eigenvalue weighted by molar-refractivity contribution is 0.284. The van der Waals surface area contributed by atoms with E-state index in [0.717, 1.165) is 17.5 Å². The standard InChI is InChI=1S/C20H25N3O.C4H5N/c1-19(2,3)13-20(4,5)14-10-11-18(24)17(12-14)23-21-15-8-6-7-9-16(15)22-23;1-2-4-5-3-1/h6-12,24H,13H2,1-5H3;1-5H. The molecule has 0 unspecified atom stereocenters. The van der Waals surface area contributed by atoms with Gasteiger partial charge in [-0.15, -0.1) is 15.0 Å². The molecule has 0 aliphatic carbocycles. The molecule has 152 valence electrons. The van der Waals surface area contributed by atoms with E-state index in [4.69, 9.17) is 0 Å². The van der Waals surface area contributed by atoms with Gasteiger partial charge in [-0.3, -0.25) is 0 Å². The average Bonchev–Trinajstić information content (AvgIpc) is 3.32. The molecule has 2 aromatic heterocycles.